The fourth-order valence-electron chi connectivity index (χ4n) is 0.844. The molecule has 0 aliphatic rings. The summed E-state index contributed by atoms with van der Waals surface area (Å²) in [6.07, 6.45) is 6.78. The third-order valence-corrected chi connectivity index (χ3v) is 1.87. The summed E-state index contributed by atoms with van der Waals surface area (Å²) in [5.74, 6) is 0.836. The normalized spacial score (nSPS) is 10.6. The predicted octanol–water partition coefficient (Wildman–Crippen LogP) is 2.62. The molecule has 0 aliphatic heterocycles. The summed E-state index contributed by atoms with van der Waals surface area (Å²) in [7, 11) is 0. The predicted molar refractivity (Wildman–Crippen MR) is 57.7 cm³/mol. The molecule has 0 fully saturated rings. The van der Waals surface area contributed by atoms with Crippen LogP contribution < -0.4 is 5.32 Å². The van der Waals surface area contributed by atoms with Gasteiger partial charge in [0.25, 0.3) is 0 Å². The molecule has 70 valence electrons. The van der Waals surface area contributed by atoms with Crippen molar-refractivity contribution in [2.45, 2.75) is 13.3 Å². The Morgan fingerprint density at radius 2 is 2.31 bits per heavy atom. The summed E-state index contributed by atoms with van der Waals surface area (Å²) < 4.78 is 0.796. The molecule has 4 heteroatoms. The molecule has 1 aromatic heterocycles. The maximum absolute atomic E-state index is 4.05. The first-order valence-corrected chi connectivity index (χ1v) is 4.98. The van der Waals surface area contributed by atoms with Crippen LogP contribution in [0.4, 0.5) is 5.82 Å². The third kappa shape index (κ3) is 4.03. The van der Waals surface area contributed by atoms with E-state index in [2.05, 4.69) is 50.3 Å². The molecule has 1 aromatic rings. The van der Waals surface area contributed by atoms with Crippen LogP contribution in [0.3, 0.4) is 0 Å². The second-order valence-corrected chi connectivity index (χ2v) is 3.30. The van der Waals surface area contributed by atoms with E-state index in [-0.39, 0.29) is 0 Å². The number of nitrogens with zero attached hydrogens (tertiary/aromatic N) is 2. The maximum atomic E-state index is 4.05. The Labute approximate surface area is 86.4 Å². The summed E-state index contributed by atoms with van der Waals surface area (Å²) >= 11 is 3.28. The Morgan fingerprint density at radius 3 is 3.00 bits per heavy atom. The lowest BCUT2D eigenvalue weighted by atomic mass is 10.4. The van der Waals surface area contributed by atoms with Gasteiger partial charge in [0.1, 0.15) is 16.7 Å². The molecule has 13 heavy (non-hydrogen) atoms. The standard InChI is InChI=1S/C9H12BrN3/c1-2-3-4-5-11-9-6-8(10)12-7-13-9/h3-4,6-7H,2,5H2,1H3,(H,11,12,13)/b4-3+. The highest BCUT2D eigenvalue weighted by atomic mass is 79.9. The Kier molecular flexibility index (Phi) is 4.46. The minimum atomic E-state index is 0.796. The largest absolute Gasteiger partial charge is 0.366 e. The van der Waals surface area contributed by atoms with Crippen molar-refractivity contribution in [2.24, 2.45) is 0 Å². The first-order valence-electron chi connectivity index (χ1n) is 4.19. The highest BCUT2D eigenvalue weighted by molar-refractivity contribution is 9.10. The van der Waals surface area contributed by atoms with Gasteiger partial charge in [0, 0.05) is 12.6 Å². The van der Waals surface area contributed by atoms with Crippen LogP contribution in [0.2, 0.25) is 0 Å². The van der Waals surface area contributed by atoms with Gasteiger partial charge in [-0.25, -0.2) is 9.97 Å². The summed E-state index contributed by atoms with van der Waals surface area (Å²) in [6.45, 7) is 2.91. The SMILES string of the molecule is CC/C=C/CNc1cc(Br)ncn1. The fraction of sp³-hybridized carbons (Fsp3) is 0.333. The fourth-order valence-corrected chi connectivity index (χ4v) is 1.15. The molecule has 0 saturated heterocycles. The molecule has 0 amide bonds. The molecular formula is C9H12BrN3. The van der Waals surface area contributed by atoms with Crippen molar-refractivity contribution < 1.29 is 0 Å². The molecule has 1 rings (SSSR count). The van der Waals surface area contributed by atoms with E-state index in [9.17, 15) is 0 Å². The number of nitrogens with one attached hydrogen (secondary N) is 1. The quantitative estimate of drug-likeness (QED) is 0.651. The first kappa shape index (κ1) is 10.2. The third-order valence-electron chi connectivity index (χ3n) is 1.44. The van der Waals surface area contributed by atoms with E-state index in [4.69, 9.17) is 0 Å². The van der Waals surface area contributed by atoms with E-state index in [1.54, 1.807) is 0 Å². The van der Waals surface area contributed by atoms with Crippen LogP contribution in [0.5, 0.6) is 0 Å². The highest BCUT2D eigenvalue weighted by Crippen LogP contribution is 2.08. The van der Waals surface area contributed by atoms with Crippen molar-refractivity contribution in [2.75, 3.05) is 11.9 Å². The lowest BCUT2D eigenvalue weighted by molar-refractivity contribution is 1.11. The zero-order chi connectivity index (χ0) is 9.52. The van der Waals surface area contributed by atoms with Gasteiger partial charge in [0.15, 0.2) is 0 Å². The van der Waals surface area contributed by atoms with E-state index < -0.39 is 0 Å². The van der Waals surface area contributed by atoms with Gasteiger partial charge >= 0.3 is 0 Å². The number of hydrogen-bond donors (Lipinski definition) is 1. The summed E-state index contributed by atoms with van der Waals surface area (Å²) in [5, 5.41) is 3.15. The van der Waals surface area contributed by atoms with Crippen molar-refractivity contribution in [1.29, 1.82) is 0 Å². The van der Waals surface area contributed by atoms with E-state index in [1.807, 2.05) is 6.07 Å². The van der Waals surface area contributed by atoms with Crippen LogP contribution in [-0.4, -0.2) is 16.5 Å². The lowest BCUT2D eigenvalue weighted by Crippen LogP contribution is -2.00. The number of halogens is 1. The van der Waals surface area contributed by atoms with E-state index >= 15 is 0 Å². The molecule has 3 nitrogen and oxygen atoms in total. The molecule has 0 radical (unpaired) electrons. The van der Waals surface area contributed by atoms with Crippen molar-refractivity contribution in [3.63, 3.8) is 0 Å². The monoisotopic (exact) mass is 241 g/mol. The Hall–Kier alpha value is -0.900. The van der Waals surface area contributed by atoms with Gasteiger partial charge in [-0.2, -0.15) is 0 Å². The van der Waals surface area contributed by atoms with Crippen molar-refractivity contribution in [1.82, 2.24) is 9.97 Å². The van der Waals surface area contributed by atoms with Gasteiger partial charge in [-0.3, -0.25) is 0 Å². The minimum Gasteiger partial charge on any atom is -0.366 e. The van der Waals surface area contributed by atoms with Crippen LogP contribution in [0.1, 0.15) is 13.3 Å². The average molecular weight is 242 g/mol. The Balaban J connectivity index is 2.41. The molecule has 0 aromatic carbocycles. The van der Waals surface area contributed by atoms with Gasteiger partial charge in [0.2, 0.25) is 0 Å². The van der Waals surface area contributed by atoms with Gasteiger partial charge in [-0.05, 0) is 22.4 Å². The number of hydrogen-bond acceptors (Lipinski definition) is 3. The van der Waals surface area contributed by atoms with Crippen LogP contribution in [0.25, 0.3) is 0 Å². The molecule has 0 spiro atoms. The average Bonchev–Trinajstić information content (AvgIpc) is 2.13. The number of allylic oxidation sites excluding steroid dienone is 1. The lowest BCUT2D eigenvalue weighted by Gasteiger charge is -2.00. The second-order valence-electron chi connectivity index (χ2n) is 2.49. The Morgan fingerprint density at radius 1 is 1.46 bits per heavy atom. The van der Waals surface area contributed by atoms with Gasteiger partial charge < -0.3 is 5.32 Å². The summed E-state index contributed by atoms with van der Waals surface area (Å²) in [4.78, 5) is 7.98. The van der Waals surface area contributed by atoms with Crippen LogP contribution >= 0.6 is 15.9 Å². The zero-order valence-electron chi connectivity index (χ0n) is 7.50. The summed E-state index contributed by atoms with van der Waals surface area (Å²) in [5.41, 5.74) is 0. The molecule has 1 heterocycles. The van der Waals surface area contributed by atoms with Crippen molar-refractivity contribution in [3.05, 3.63) is 29.1 Å². The molecule has 0 bridgehead atoms. The smallest absolute Gasteiger partial charge is 0.130 e. The number of rotatable bonds is 4. The molecule has 0 aliphatic carbocycles. The zero-order valence-corrected chi connectivity index (χ0v) is 9.08. The van der Waals surface area contributed by atoms with Gasteiger partial charge in [-0.1, -0.05) is 19.1 Å². The van der Waals surface area contributed by atoms with E-state index in [1.165, 1.54) is 6.33 Å². The Bertz CT molecular complexity index is 286. The summed E-state index contributed by atoms with van der Waals surface area (Å²) in [6, 6.07) is 1.85. The number of aromatic nitrogens is 2. The van der Waals surface area contributed by atoms with Crippen molar-refractivity contribution >= 4 is 21.7 Å². The van der Waals surface area contributed by atoms with Gasteiger partial charge in [-0.15, -0.1) is 0 Å². The van der Waals surface area contributed by atoms with Crippen LogP contribution in [-0.2, 0) is 0 Å². The molecule has 0 saturated carbocycles. The van der Waals surface area contributed by atoms with E-state index in [0.717, 1.165) is 23.4 Å². The van der Waals surface area contributed by atoms with Gasteiger partial charge in [0.05, 0.1) is 0 Å². The maximum Gasteiger partial charge on any atom is 0.130 e. The van der Waals surface area contributed by atoms with Crippen LogP contribution in [0.15, 0.2) is 29.1 Å². The van der Waals surface area contributed by atoms with Crippen LogP contribution in [0, 0.1) is 0 Å². The minimum absolute atomic E-state index is 0.796. The molecule has 0 unspecified atom stereocenters. The number of anilines is 1. The topological polar surface area (TPSA) is 37.8 Å². The van der Waals surface area contributed by atoms with E-state index in [0.29, 0.717) is 0 Å². The first-order chi connectivity index (χ1) is 6.33. The van der Waals surface area contributed by atoms with Crippen molar-refractivity contribution in [3.8, 4) is 0 Å². The highest BCUT2D eigenvalue weighted by Gasteiger charge is 1.92. The molecule has 1 N–H and O–H groups in total. The molecule has 0 atom stereocenters. The molecular weight excluding hydrogens is 230 g/mol. The second kappa shape index (κ2) is 5.70.